The highest BCUT2D eigenvalue weighted by molar-refractivity contribution is 9.10. The fourth-order valence-electron chi connectivity index (χ4n) is 2.13. The monoisotopic (exact) mass is 325 g/mol. The lowest BCUT2D eigenvalue weighted by atomic mass is 10.3. The molecule has 0 saturated carbocycles. The zero-order valence-electron chi connectivity index (χ0n) is 10.8. The zero-order valence-corrected chi connectivity index (χ0v) is 12.4. The Kier molecular flexibility index (Phi) is 4.52. The predicted octanol–water partition coefficient (Wildman–Crippen LogP) is 1.54. The second kappa shape index (κ2) is 6.14. The fraction of sp³-hybridized carbons (Fsp3) is 0.462. The lowest BCUT2D eigenvalue weighted by molar-refractivity contribution is -0.128. The summed E-state index contributed by atoms with van der Waals surface area (Å²) < 4.78 is 0.702. The van der Waals surface area contributed by atoms with Gasteiger partial charge in [0.1, 0.15) is 5.69 Å². The maximum Gasteiger partial charge on any atom is 0.273 e. The molecule has 1 aromatic heterocycles. The van der Waals surface area contributed by atoms with Crippen LogP contribution in [0, 0.1) is 0 Å². The van der Waals surface area contributed by atoms with Gasteiger partial charge in [0.2, 0.25) is 5.91 Å². The largest absolute Gasteiger partial charge is 0.341 e. The Morgan fingerprint density at radius 3 is 2.58 bits per heavy atom. The maximum absolute atomic E-state index is 12.4. The van der Waals surface area contributed by atoms with Crippen molar-refractivity contribution < 1.29 is 9.59 Å². The van der Waals surface area contributed by atoms with Crippen molar-refractivity contribution in [3.05, 3.63) is 28.5 Å². The van der Waals surface area contributed by atoms with E-state index in [0.717, 1.165) is 6.42 Å². The molecule has 2 heterocycles. The molecule has 1 fully saturated rings. The Bertz CT molecular complexity index is 493. The van der Waals surface area contributed by atoms with Gasteiger partial charge in [-0.25, -0.2) is 4.98 Å². The number of hydrogen-bond acceptors (Lipinski definition) is 3. The van der Waals surface area contributed by atoms with Gasteiger partial charge in [0.25, 0.3) is 5.91 Å². The van der Waals surface area contributed by atoms with E-state index >= 15 is 0 Å². The first kappa shape index (κ1) is 14.0. The summed E-state index contributed by atoms with van der Waals surface area (Å²) in [5, 5.41) is 0. The minimum absolute atomic E-state index is 0.0633. The van der Waals surface area contributed by atoms with Crippen LogP contribution in [0.2, 0.25) is 0 Å². The third kappa shape index (κ3) is 3.32. The second-order valence-corrected chi connectivity index (χ2v) is 5.34. The van der Waals surface area contributed by atoms with Gasteiger partial charge in [-0.3, -0.25) is 9.59 Å². The highest BCUT2D eigenvalue weighted by Crippen LogP contribution is 2.16. The molecule has 0 bridgehead atoms. The normalized spacial score (nSPS) is 16.1. The molecule has 1 aliphatic rings. The first-order chi connectivity index (χ1) is 9.09. The molecule has 0 atom stereocenters. The molecule has 2 rings (SSSR count). The molecule has 6 heteroatoms. The highest BCUT2D eigenvalue weighted by atomic mass is 79.9. The van der Waals surface area contributed by atoms with E-state index in [-0.39, 0.29) is 11.8 Å². The van der Waals surface area contributed by atoms with Crippen LogP contribution in [0.1, 0.15) is 23.8 Å². The molecule has 0 unspecified atom stereocenters. The molecule has 1 aliphatic heterocycles. The summed E-state index contributed by atoms with van der Waals surface area (Å²) >= 11 is 3.34. The number of carbonyl (C=O) groups is 2. The van der Waals surface area contributed by atoms with Crippen molar-refractivity contribution >= 4 is 27.7 Å². The van der Waals surface area contributed by atoms with Crippen molar-refractivity contribution in [2.45, 2.75) is 13.3 Å². The van der Waals surface area contributed by atoms with Crippen molar-refractivity contribution in [3.63, 3.8) is 0 Å². The van der Waals surface area contributed by atoms with Gasteiger partial charge in [0, 0.05) is 43.8 Å². The quantitative estimate of drug-likeness (QED) is 0.787. The standard InChI is InChI=1S/C13H16BrN3O2/c1-10(18)16-6-3-7-17(9-8-16)13(19)12-11(14)4-2-5-15-12/h2,4-5H,3,6-9H2,1H3. The topological polar surface area (TPSA) is 53.5 Å². The second-order valence-electron chi connectivity index (χ2n) is 4.49. The van der Waals surface area contributed by atoms with E-state index in [1.807, 2.05) is 0 Å². The molecule has 0 spiro atoms. The summed E-state index contributed by atoms with van der Waals surface area (Å²) in [6.45, 7) is 4.08. The first-order valence-corrected chi connectivity index (χ1v) is 7.04. The number of hydrogen-bond donors (Lipinski definition) is 0. The summed E-state index contributed by atoms with van der Waals surface area (Å²) in [5.41, 5.74) is 0.429. The molecule has 0 aliphatic carbocycles. The molecular weight excluding hydrogens is 310 g/mol. The third-order valence-corrected chi connectivity index (χ3v) is 3.83. The molecular formula is C13H16BrN3O2. The van der Waals surface area contributed by atoms with Crippen molar-refractivity contribution in [1.29, 1.82) is 0 Å². The summed E-state index contributed by atoms with van der Waals surface area (Å²) in [4.78, 5) is 31.4. The Labute approximate surface area is 120 Å². The van der Waals surface area contributed by atoms with Crippen LogP contribution < -0.4 is 0 Å². The molecule has 0 N–H and O–H groups in total. The number of rotatable bonds is 1. The van der Waals surface area contributed by atoms with Crippen LogP contribution >= 0.6 is 15.9 Å². The summed E-state index contributed by atoms with van der Waals surface area (Å²) in [7, 11) is 0. The minimum Gasteiger partial charge on any atom is -0.341 e. The van der Waals surface area contributed by atoms with Gasteiger partial charge in [0.05, 0.1) is 0 Å². The SMILES string of the molecule is CC(=O)N1CCCN(C(=O)c2ncccc2Br)CC1. The Balaban J connectivity index is 2.08. The Hall–Kier alpha value is -1.43. The van der Waals surface area contributed by atoms with Gasteiger partial charge in [-0.1, -0.05) is 0 Å². The molecule has 5 nitrogen and oxygen atoms in total. The summed E-state index contributed by atoms with van der Waals surface area (Å²) in [6.07, 6.45) is 2.41. The lowest BCUT2D eigenvalue weighted by Gasteiger charge is -2.21. The predicted molar refractivity (Wildman–Crippen MR) is 74.7 cm³/mol. The van der Waals surface area contributed by atoms with Gasteiger partial charge in [-0.2, -0.15) is 0 Å². The van der Waals surface area contributed by atoms with Crippen LogP contribution in [0.4, 0.5) is 0 Å². The molecule has 2 amide bonds. The van der Waals surface area contributed by atoms with E-state index in [1.165, 1.54) is 0 Å². The average Bonchev–Trinajstić information content (AvgIpc) is 2.64. The highest BCUT2D eigenvalue weighted by Gasteiger charge is 2.23. The van der Waals surface area contributed by atoms with Crippen molar-refractivity contribution in [2.24, 2.45) is 0 Å². The van der Waals surface area contributed by atoms with Crippen LogP contribution in [0.25, 0.3) is 0 Å². The third-order valence-electron chi connectivity index (χ3n) is 3.19. The Morgan fingerprint density at radius 1 is 1.21 bits per heavy atom. The van der Waals surface area contributed by atoms with Gasteiger partial charge in [-0.15, -0.1) is 0 Å². The van der Waals surface area contributed by atoms with Gasteiger partial charge < -0.3 is 9.80 Å². The molecule has 102 valence electrons. The van der Waals surface area contributed by atoms with Crippen LogP contribution in [0.15, 0.2) is 22.8 Å². The number of aromatic nitrogens is 1. The van der Waals surface area contributed by atoms with Gasteiger partial charge in [0.15, 0.2) is 0 Å². The smallest absolute Gasteiger partial charge is 0.273 e. The fourth-order valence-corrected chi connectivity index (χ4v) is 2.55. The number of carbonyl (C=O) groups excluding carboxylic acids is 2. The van der Waals surface area contributed by atoms with Crippen LogP contribution in [-0.4, -0.2) is 52.8 Å². The molecule has 0 radical (unpaired) electrons. The maximum atomic E-state index is 12.4. The van der Waals surface area contributed by atoms with Crippen molar-refractivity contribution in [2.75, 3.05) is 26.2 Å². The van der Waals surface area contributed by atoms with Crippen LogP contribution in [0.3, 0.4) is 0 Å². The minimum atomic E-state index is -0.0853. The van der Waals surface area contributed by atoms with E-state index in [0.29, 0.717) is 36.3 Å². The van der Waals surface area contributed by atoms with Gasteiger partial charge >= 0.3 is 0 Å². The van der Waals surface area contributed by atoms with Crippen LogP contribution in [0.5, 0.6) is 0 Å². The van der Waals surface area contributed by atoms with E-state index in [1.54, 1.807) is 35.1 Å². The summed E-state index contributed by atoms with van der Waals surface area (Å²) in [6, 6.07) is 3.58. The lowest BCUT2D eigenvalue weighted by Crippen LogP contribution is -2.37. The van der Waals surface area contributed by atoms with Crippen LogP contribution in [-0.2, 0) is 4.79 Å². The van der Waals surface area contributed by atoms with Crippen molar-refractivity contribution in [1.82, 2.24) is 14.8 Å². The Morgan fingerprint density at radius 2 is 1.89 bits per heavy atom. The molecule has 1 saturated heterocycles. The number of pyridine rings is 1. The average molecular weight is 326 g/mol. The van der Waals surface area contributed by atoms with Crippen molar-refractivity contribution in [3.8, 4) is 0 Å². The zero-order chi connectivity index (χ0) is 13.8. The summed E-state index contributed by atoms with van der Waals surface area (Å²) in [5.74, 6) is -0.0220. The van der Waals surface area contributed by atoms with Gasteiger partial charge in [-0.05, 0) is 34.5 Å². The molecule has 19 heavy (non-hydrogen) atoms. The van der Waals surface area contributed by atoms with E-state index < -0.39 is 0 Å². The molecule has 1 aromatic rings. The number of amides is 2. The molecule has 0 aromatic carbocycles. The van der Waals surface area contributed by atoms with E-state index in [2.05, 4.69) is 20.9 Å². The number of halogens is 1. The first-order valence-electron chi connectivity index (χ1n) is 6.25. The van der Waals surface area contributed by atoms with E-state index in [4.69, 9.17) is 0 Å². The van der Waals surface area contributed by atoms with E-state index in [9.17, 15) is 9.59 Å². The number of nitrogens with zero attached hydrogens (tertiary/aromatic N) is 3.